The first-order valence-electron chi connectivity index (χ1n) is 5.35. The van der Waals surface area contributed by atoms with Crippen LogP contribution in [0.5, 0.6) is 0 Å². The first-order valence-corrected chi connectivity index (χ1v) is 5.35. The molecule has 0 saturated carbocycles. The maximum Gasteiger partial charge on any atom is 0.244 e. The number of aliphatic hydroxyl groups is 1. The lowest BCUT2D eigenvalue weighted by molar-refractivity contribution is 0.191. The van der Waals surface area contributed by atoms with Crippen molar-refractivity contribution in [1.82, 2.24) is 25.4 Å². The molecule has 1 aliphatic heterocycles. The SMILES string of the molecule is OC1CNC(c2nc(-c3ncccn3)no2)C1. The maximum absolute atomic E-state index is 9.41. The molecule has 2 aromatic heterocycles. The van der Waals surface area contributed by atoms with Gasteiger partial charge in [0, 0.05) is 18.9 Å². The molecular formula is C10H11N5O2. The van der Waals surface area contributed by atoms with E-state index in [1.165, 1.54) is 0 Å². The van der Waals surface area contributed by atoms with Gasteiger partial charge in [-0.25, -0.2) is 9.97 Å². The second kappa shape index (κ2) is 4.19. The van der Waals surface area contributed by atoms with Crippen LogP contribution in [0.3, 0.4) is 0 Å². The van der Waals surface area contributed by atoms with Crippen molar-refractivity contribution in [1.29, 1.82) is 0 Å². The molecule has 0 spiro atoms. The minimum absolute atomic E-state index is 0.0880. The minimum atomic E-state index is -0.358. The summed E-state index contributed by atoms with van der Waals surface area (Å²) in [5.74, 6) is 1.26. The average Bonchev–Trinajstić information content (AvgIpc) is 2.98. The third-order valence-electron chi connectivity index (χ3n) is 2.61. The largest absolute Gasteiger partial charge is 0.392 e. The molecule has 0 radical (unpaired) electrons. The van der Waals surface area contributed by atoms with Crippen molar-refractivity contribution in [3.8, 4) is 11.6 Å². The van der Waals surface area contributed by atoms with Gasteiger partial charge in [0.05, 0.1) is 12.1 Å². The van der Waals surface area contributed by atoms with Gasteiger partial charge in [-0.05, 0) is 12.5 Å². The maximum atomic E-state index is 9.41. The zero-order chi connectivity index (χ0) is 11.7. The zero-order valence-corrected chi connectivity index (χ0v) is 8.95. The Balaban J connectivity index is 1.84. The Kier molecular flexibility index (Phi) is 2.54. The first-order chi connectivity index (χ1) is 8.33. The van der Waals surface area contributed by atoms with Gasteiger partial charge in [-0.1, -0.05) is 5.16 Å². The fraction of sp³-hybridized carbons (Fsp3) is 0.400. The molecule has 0 bridgehead atoms. The Morgan fingerprint density at radius 2 is 2.12 bits per heavy atom. The van der Waals surface area contributed by atoms with Crippen LogP contribution in [0.25, 0.3) is 11.6 Å². The highest BCUT2D eigenvalue weighted by Gasteiger charge is 2.28. The Labute approximate surface area is 96.9 Å². The average molecular weight is 233 g/mol. The predicted octanol–water partition coefficient (Wildman–Crippen LogP) is -0.0781. The number of hydrogen-bond acceptors (Lipinski definition) is 7. The van der Waals surface area contributed by atoms with Gasteiger partial charge in [0.2, 0.25) is 17.5 Å². The van der Waals surface area contributed by atoms with Crippen LogP contribution in [0.1, 0.15) is 18.4 Å². The summed E-state index contributed by atoms with van der Waals surface area (Å²) in [6.07, 6.45) is 3.46. The Morgan fingerprint density at radius 1 is 1.29 bits per heavy atom. The second-order valence-corrected chi connectivity index (χ2v) is 3.88. The van der Waals surface area contributed by atoms with Gasteiger partial charge in [0.15, 0.2) is 0 Å². The zero-order valence-electron chi connectivity index (χ0n) is 8.95. The molecule has 2 unspecified atom stereocenters. The van der Waals surface area contributed by atoms with Crippen LogP contribution in [-0.2, 0) is 0 Å². The number of aromatic nitrogens is 4. The summed E-state index contributed by atoms with van der Waals surface area (Å²) in [4.78, 5) is 12.3. The Hall–Kier alpha value is -1.86. The highest BCUT2D eigenvalue weighted by atomic mass is 16.5. The van der Waals surface area contributed by atoms with E-state index in [1.807, 2.05) is 0 Å². The quantitative estimate of drug-likeness (QED) is 0.748. The Bertz CT molecular complexity index is 500. The van der Waals surface area contributed by atoms with Crippen molar-refractivity contribution >= 4 is 0 Å². The summed E-state index contributed by atoms with van der Waals surface area (Å²) < 4.78 is 5.14. The fourth-order valence-corrected chi connectivity index (χ4v) is 1.79. The molecular weight excluding hydrogens is 222 g/mol. The van der Waals surface area contributed by atoms with Gasteiger partial charge in [0.25, 0.3) is 0 Å². The van der Waals surface area contributed by atoms with E-state index in [9.17, 15) is 5.11 Å². The van der Waals surface area contributed by atoms with Crippen LogP contribution < -0.4 is 5.32 Å². The standard InChI is InChI=1S/C10H11N5O2/c16-6-4-7(13-5-6)10-14-9(15-17-10)8-11-2-1-3-12-8/h1-3,6-7,13,16H,4-5H2. The van der Waals surface area contributed by atoms with Gasteiger partial charge in [-0.3, -0.25) is 0 Å². The lowest BCUT2D eigenvalue weighted by atomic mass is 10.2. The second-order valence-electron chi connectivity index (χ2n) is 3.88. The van der Waals surface area contributed by atoms with Crippen molar-refractivity contribution in [3.63, 3.8) is 0 Å². The molecule has 88 valence electrons. The van der Waals surface area contributed by atoms with Gasteiger partial charge >= 0.3 is 0 Å². The van der Waals surface area contributed by atoms with E-state index >= 15 is 0 Å². The molecule has 2 atom stereocenters. The lowest BCUT2D eigenvalue weighted by Gasteiger charge is -2.01. The van der Waals surface area contributed by atoms with Crippen LogP contribution in [0.4, 0.5) is 0 Å². The van der Waals surface area contributed by atoms with Crippen LogP contribution in [-0.4, -0.2) is 37.9 Å². The molecule has 17 heavy (non-hydrogen) atoms. The Morgan fingerprint density at radius 3 is 2.82 bits per heavy atom. The fourth-order valence-electron chi connectivity index (χ4n) is 1.79. The molecule has 1 aliphatic rings. The molecule has 2 aromatic rings. The number of nitrogens with one attached hydrogen (secondary N) is 1. The van der Waals surface area contributed by atoms with E-state index in [4.69, 9.17) is 4.52 Å². The monoisotopic (exact) mass is 233 g/mol. The number of β-amino-alcohol motifs (C(OH)–C–C–N with tert-alkyl or cyclic N) is 1. The van der Waals surface area contributed by atoms with Crippen molar-refractivity contribution in [3.05, 3.63) is 24.4 Å². The molecule has 2 N–H and O–H groups in total. The van der Waals surface area contributed by atoms with Gasteiger partial charge in [0.1, 0.15) is 0 Å². The highest BCUT2D eigenvalue weighted by molar-refractivity contribution is 5.40. The van der Waals surface area contributed by atoms with Crippen LogP contribution in [0.15, 0.2) is 23.0 Å². The van der Waals surface area contributed by atoms with Crippen molar-refractivity contribution in [2.45, 2.75) is 18.6 Å². The topological polar surface area (TPSA) is 97.0 Å². The molecule has 3 rings (SSSR count). The van der Waals surface area contributed by atoms with E-state index in [2.05, 4.69) is 25.4 Å². The summed E-state index contributed by atoms with van der Waals surface area (Å²) in [6.45, 7) is 0.546. The van der Waals surface area contributed by atoms with Crippen LogP contribution in [0, 0.1) is 0 Å². The number of nitrogens with zero attached hydrogens (tertiary/aromatic N) is 4. The van der Waals surface area contributed by atoms with E-state index in [0.717, 1.165) is 0 Å². The summed E-state index contributed by atoms with van der Waals surface area (Å²) in [6, 6.07) is 1.63. The molecule has 1 saturated heterocycles. The van der Waals surface area contributed by atoms with Crippen molar-refractivity contribution in [2.75, 3.05) is 6.54 Å². The van der Waals surface area contributed by atoms with E-state index in [1.54, 1.807) is 18.5 Å². The van der Waals surface area contributed by atoms with E-state index in [0.29, 0.717) is 30.5 Å². The summed E-state index contributed by atoms with van der Waals surface area (Å²) in [5, 5.41) is 16.3. The summed E-state index contributed by atoms with van der Waals surface area (Å²) >= 11 is 0. The van der Waals surface area contributed by atoms with Gasteiger partial charge < -0.3 is 14.9 Å². The van der Waals surface area contributed by atoms with Gasteiger partial charge in [-0.15, -0.1) is 0 Å². The summed E-state index contributed by atoms with van der Waals surface area (Å²) in [5.41, 5.74) is 0. The third kappa shape index (κ3) is 2.02. The lowest BCUT2D eigenvalue weighted by Crippen LogP contribution is -2.15. The molecule has 7 nitrogen and oxygen atoms in total. The van der Waals surface area contributed by atoms with Crippen molar-refractivity contribution in [2.24, 2.45) is 0 Å². The van der Waals surface area contributed by atoms with E-state index < -0.39 is 0 Å². The molecule has 0 amide bonds. The van der Waals surface area contributed by atoms with Gasteiger partial charge in [-0.2, -0.15) is 4.98 Å². The minimum Gasteiger partial charge on any atom is -0.392 e. The van der Waals surface area contributed by atoms with Crippen LogP contribution in [0.2, 0.25) is 0 Å². The number of hydrogen-bond donors (Lipinski definition) is 2. The molecule has 3 heterocycles. The normalized spacial score (nSPS) is 24.1. The first kappa shape index (κ1) is 10.3. The molecule has 1 fully saturated rings. The molecule has 0 aromatic carbocycles. The number of rotatable bonds is 2. The van der Waals surface area contributed by atoms with Crippen molar-refractivity contribution < 1.29 is 9.63 Å². The highest BCUT2D eigenvalue weighted by Crippen LogP contribution is 2.23. The third-order valence-corrected chi connectivity index (χ3v) is 2.61. The molecule has 0 aliphatic carbocycles. The van der Waals surface area contributed by atoms with E-state index in [-0.39, 0.29) is 12.1 Å². The summed E-state index contributed by atoms with van der Waals surface area (Å²) in [7, 11) is 0. The smallest absolute Gasteiger partial charge is 0.244 e. The van der Waals surface area contributed by atoms with Crippen LogP contribution >= 0.6 is 0 Å². The molecule has 7 heteroatoms. The number of aliphatic hydroxyl groups excluding tert-OH is 1. The predicted molar refractivity (Wildman–Crippen MR) is 56.7 cm³/mol.